The summed E-state index contributed by atoms with van der Waals surface area (Å²) in [5, 5.41) is 10.5. The van der Waals surface area contributed by atoms with Gasteiger partial charge in [0.05, 0.1) is 5.60 Å². The summed E-state index contributed by atoms with van der Waals surface area (Å²) in [4.78, 5) is 0. The van der Waals surface area contributed by atoms with E-state index in [1.807, 2.05) is 6.92 Å². The molecule has 1 saturated carbocycles. The Hall–Kier alpha value is -0.820. The Balaban J connectivity index is 2.47. The van der Waals surface area contributed by atoms with Crippen molar-refractivity contribution in [2.24, 2.45) is 5.92 Å². The average molecular weight is 204 g/mol. The minimum atomic E-state index is -0.622. The van der Waals surface area contributed by atoms with Crippen molar-refractivity contribution in [1.82, 2.24) is 0 Å². The molecular weight excluding hydrogens is 184 g/mol. The number of rotatable bonds is 2. The first-order chi connectivity index (χ1) is 6.93. The molecule has 15 heavy (non-hydrogen) atoms. The second-order valence-corrected chi connectivity index (χ2v) is 5.17. The second kappa shape index (κ2) is 3.34. The molecule has 1 heteroatoms. The summed E-state index contributed by atoms with van der Waals surface area (Å²) >= 11 is 0. The van der Waals surface area contributed by atoms with Crippen LogP contribution in [0, 0.1) is 26.7 Å². The van der Waals surface area contributed by atoms with Crippen LogP contribution in [0.25, 0.3) is 0 Å². The molecule has 1 aromatic rings. The lowest BCUT2D eigenvalue weighted by atomic mass is 9.85. The van der Waals surface area contributed by atoms with Crippen molar-refractivity contribution in [3.8, 4) is 0 Å². The van der Waals surface area contributed by atoms with Crippen molar-refractivity contribution in [1.29, 1.82) is 0 Å². The monoisotopic (exact) mass is 204 g/mol. The predicted molar refractivity (Wildman–Crippen MR) is 62.9 cm³/mol. The van der Waals surface area contributed by atoms with Gasteiger partial charge in [-0.3, -0.25) is 0 Å². The molecule has 1 aliphatic rings. The van der Waals surface area contributed by atoms with Crippen LogP contribution in [0.2, 0.25) is 0 Å². The van der Waals surface area contributed by atoms with Crippen molar-refractivity contribution in [3.05, 3.63) is 34.4 Å². The minimum absolute atomic E-state index is 0.471. The van der Waals surface area contributed by atoms with Gasteiger partial charge in [-0.25, -0.2) is 0 Å². The SMILES string of the molecule is Cc1cc(C)c(C(C)(O)C2CC2)cc1C. The topological polar surface area (TPSA) is 20.2 Å². The Morgan fingerprint density at radius 1 is 1.07 bits per heavy atom. The largest absolute Gasteiger partial charge is 0.385 e. The van der Waals surface area contributed by atoms with Gasteiger partial charge in [-0.05, 0) is 68.7 Å². The zero-order chi connectivity index (χ0) is 11.2. The molecule has 1 aliphatic carbocycles. The van der Waals surface area contributed by atoms with Crippen molar-refractivity contribution >= 4 is 0 Å². The molecular formula is C14H20O. The first-order valence-corrected chi connectivity index (χ1v) is 5.73. The summed E-state index contributed by atoms with van der Waals surface area (Å²) in [7, 11) is 0. The maximum atomic E-state index is 10.5. The quantitative estimate of drug-likeness (QED) is 0.784. The van der Waals surface area contributed by atoms with E-state index < -0.39 is 5.60 Å². The lowest BCUT2D eigenvalue weighted by molar-refractivity contribution is 0.0324. The number of aliphatic hydroxyl groups is 1. The maximum Gasteiger partial charge on any atom is 0.0899 e. The van der Waals surface area contributed by atoms with Crippen LogP contribution in [0.15, 0.2) is 12.1 Å². The molecule has 0 aromatic heterocycles. The Kier molecular flexibility index (Phi) is 2.38. The van der Waals surface area contributed by atoms with Gasteiger partial charge in [-0.15, -0.1) is 0 Å². The van der Waals surface area contributed by atoms with Gasteiger partial charge in [0, 0.05) is 0 Å². The van der Waals surface area contributed by atoms with E-state index in [9.17, 15) is 5.11 Å². The Morgan fingerprint density at radius 2 is 1.60 bits per heavy atom. The Morgan fingerprint density at radius 3 is 2.13 bits per heavy atom. The van der Waals surface area contributed by atoms with E-state index in [0.29, 0.717) is 5.92 Å². The van der Waals surface area contributed by atoms with Gasteiger partial charge in [-0.1, -0.05) is 12.1 Å². The van der Waals surface area contributed by atoms with Crippen LogP contribution in [-0.4, -0.2) is 5.11 Å². The molecule has 1 nitrogen and oxygen atoms in total. The van der Waals surface area contributed by atoms with E-state index in [4.69, 9.17) is 0 Å². The van der Waals surface area contributed by atoms with Crippen LogP contribution in [0.3, 0.4) is 0 Å². The van der Waals surface area contributed by atoms with Crippen LogP contribution in [-0.2, 0) is 5.60 Å². The van der Waals surface area contributed by atoms with E-state index >= 15 is 0 Å². The molecule has 0 bridgehead atoms. The van der Waals surface area contributed by atoms with E-state index in [0.717, 1.165) is 5.56 Å². The first kappa shape index (κ1) is 10.7. The van der Waals surface area contributed by atoms with E-state index in [1.54, 1.807) is 0 Å². The minimum Gasteiger partial charge on any atom is -0.385 e. The zero-order valence-electron chi connectivity index (χ0n) is 10.1. The van der Waals surface area contributed by atoms with Crippen LogP contribution < -0.4 is 0 Å². The standard InChI is InChI=1S/C14H20O/c1-9-7-11(3)13(8-10(9)2)14(4,15)12-5-6-12/h7-8,12,15H,5-6H2,1-4H3. The third kappa shape index (κ3) is 1.81. The van der Waals surface area contributed by atoms with Gasteiger partial charge >= 0.3 is 0 Å². The van der Waals surface area contributed by atoms with Crippen molar-refractivity contribution in [3.63, 3.8) is 0 Å². The molecule has 1 fully saturated rings. The van der Waals surface area contributed by atoms with Crippen LogP contribution in [0.5, 0.6) is 0 Å². The van der Waals surface area contributed by atoms with Crippen LogP contribution >= 0.6 is 0 Å². The second-order valence-electron chi connectivity index (χ2n) is 5.17. The highest BCUT2D eigenvalue weighted by Gasteiger charge is 2.41. The highest BCUT2D eigenvalue weighted by atomic mass is 16.3. The zero-order valence-corrected chi connectivity index (χ0v) is 10.1. The Labute approximate surface area is 92.1 Å². The summed E-state index contributed by atoms with van der Waals surface area (Å²) in [5.41, 5.74) is 4.30. The maximum absolute atomic E-state index is 10.5. The molecule has 82 valence electrons. The smallest absolute Gasteiger partial charge is 0.0899 e. The van der Waals surface area contributed by atoms with E-state index in [2.05, 4.69) is 32.9 Å². The molecule has 1 aromatic carbocycles. The number of hydrogen-bond acceptors (Lipinski definition) is 1. The van der Waals surface area contributed by atoms with Crippen molar-refractivity contribution in [2.75, 3.05) is 0 Å². The van der Waals surface area contributed by atoms with Gasteiger partial charge < -0.3 is 5.11 Å². The van der Waals surface area contributed by atoms with Gasteiger partial charge in [0.2, 0.25) is 0 Å². The summed E-state index contributed by atoms with van der Waals surface area (Å²) in [6.07, 6.45) is 2.33. The lowest BCUT2D eigenvalue weighted by Gasteiger charge is -2.26. The molecule has 2 rings (SSSR count). The molecule has 0 aliphatic heterocycles. The predicted octanol–water partition coefficient (Wildman–Crippen LogP) is 3.23. The summed E-state index contributed by atoms with van der Waals surface area (Å²) < 4.78 is 0. The fraction of sp³-hybridized carbons (Fsp3) is 0.571. The van der Waals surface area contributed by atoms with Crippen LogP contribution in [0.1, 0.15) is 42.0 Å². The highest BCUT2D eigenvalue weighted by Crippen LogP contribution is 2.46. The molecule has 0 saturated heterocycles. The molecule has 0 radical (unpaired) electrons. The molecule has 0 amide bonds. The normalized spacial score (nSPS) is 20.1. The van der Waals surface area contributed by atoms with Gasteiger partial charge in [0.15, 0.2) is 0 Å². The summed E-state index contributed by atoms with van der Waals surface area (Å²) in [5.74, 6) is 0.471. The third-order valence-corrected chi connectivity index (χ3v) is 3.76. The molecule has 1 unspecified atom stereocenters. The van der Waals surface area contributed by atoms with Crippen LogP contribution in [0.4, 0.5) is 0 Å². The van der Waals surface area contributed by atoms with Crippen molar-refractivity contribution < 1.29 is 5.11 Å². The molecule has 1 atom stereocenters. The average Bonchev–Trinajstić information content (AvgIpc) is 2.93. The highest BCUT2D eigenvalue weighted by molar-refractivity contribution is 5.40. The number of hydrogen-bond donors (Lipinski definition) is 1. The molecule has 0 spiro atoms. The van der Waals surface area contributed by atoms with E-state index in [-0.39, 0.29) is 0 Å². The fourth-order valence-electron chi connectivity index (χ4n) is 2.37. The molecule has 1 N–H and O–H groups in total. The third-order valence-electron chi connectivity index (χ3n) is 3.76. The number of aryl methyl sites for hydroxylation is 3. The van der Waals surface area contributed by atoms with E-state index in [1.165, 1.54) is 29.5 Å². The first-order valence-electron chi connectivity index (χ1n) is 5.73. The summed E-state index contributed by atoms with van der Waals surface area (Å²) in [6, 6.07) is 4.34. The molecule has 0 heterocycles. The number of benzene rings is 1. The van der Waals surface area contributed by atoms with Gasteiger partial charge in [0.1, 0.15) is 0 Å². The van der Waals surface area contributed by atoms with Gasteiger partial charge in [-0.2, -0.15) is 0 Å². The van der Waals surface area contributed by atoms with Gasteiger partial charge in [0.25, 0.3) is 0 Å². The lowest BCUT2D eigenvalue weighted by Crippen LogP contribution is -2.25. The fourth-order valence-corrected chi connectivity index (χ4v) is 2.37. The summed E-state index contributed by atoms with van der Waals surface area (Å²) in [6.45, 7) is 8.29. The van der Waals surface area contributed by atoms with Crippen molar-refractivity contribution in [2.45, 2.75) is 46.1 Å². The Bertz CT molecular complexity index is 387.